The van der Waals surface area contributed by atoms with Crippen LogP contribution in [0, 0.1) is 6.92 Å². The van der Waals surface area contributed by atoms with Crippen LogP contribution < -0.4 is 9.64 Å². The fourth-order valence-electron chi connectivity index (χ4n) is 1.78. The van der Waals surface area contributed by atoms with E-state index in [1.165, 1.54) is 5.56 Å². The number of hydrogen-bond acceptors (Lipinski definition) is 4. The fourth-order valence-corrected chi connectivity index (χ4v) is 1.78. The highest BCUT2D eigenvalue weighted by atomic mass is 16.5. The average Bonchev–Trinajstić information content (AvgIpc) is 2.39. The van der Waals surface area contributed by atoms with Crippen LogP contribution in [-0.2, 0) is 6.54 Å². The molecule has 0 unspecified atom stereocenters. The van der Waals surface area contributed by atoms with Crippen LogP contribution in [0.1, 0.15) is 11.4 Å². The van der Waals surface area contributed by atoms with Crippen molar-refractivity contribution in [3.8, 4) is 5.75 Å². The van der Waals surface area contributed by atoms with E-state index >= 15 is 0 Å². The van der Waals surface area contributed by atoms with Gasteiger partial charge in [-0.15, -0.1) is 0 Å². The number of hydrogen-bond donors (Lipinski definition) is 0. The topological polar surface area (TPSA) is 38.2 Å². The second-order valence-corrected chi connectivity index (χ2v) is 4.17. The molecule has 0 saturated carbocycles. The number of benzene rings is 1. The Hall–Kier alpha value is -2.10. The Morgan fingerprint density at radius 1 is 1.28 bits per heavy atom. The van der Waals surface area contributed by atoms with Gasteiger partial charge in [-0.05, 0) is 30.7 Å². The van der Waals surface area contributed by atoms with Crippen molar-refractivity contribution in [3.63, 3.8) is 0 Å². The van der Waals surface area contributed by atoms with Crippen molar-refractivity contribution in [1.29, 1.82) is 0 Å². The molecule has 2 aromatic rings. The number of anilines is 1. The SMILES string of the molecule is COc1cccc(CN(C)c2ccnc(C)n2)c1. The van der Waals surface area contributed by atoms with Crippen LogP contribution in [0.2, 0.25) is 0 Å². The zero-order valence-electron chi connectivity index (χ0n) is 10.9. The number of rotatable bonds is 4. The van der Waals surface area contributed by atoms with Crippen LogP contribution in [-0.4, -0.2) is 24.1 Å². The number of methoxy groups -OCH3 is 1. The summed E-state index contributed by atoms with van der Waals surface area (Å²) < 4.78 is 5.22. The van der Waals surface area contributed by atoms with Gasteiger partial charge in [0.1, 0.15) is 17.4 Å². The first-order chi connectivity index (χ1) is 8.69. The highest BCUT2D eigenvalue weighted by Crippen LogP contribution is 2.16. The van der Waals surface area contributed by atoms with E-state index in [-0.39, 0.29) is 0 Å². The van der Waals surface area contributed by atoms with Crippen LogP contribution in [0.3, 0.4) is 0 Å². The molecular weight excluding hydrogens is 226 g/mol. The van der Waals surface area contributed by atoms with Crippen molar-refractivity contribution in [3.05, 3.63) is 47.9 Å². The van der Waals surface area contributed by atoms with E-state index in [0.717, 1.165) is 23.9 Å². The van der Waals surface area contributed by atoms with Gasteiger partial charge in [0.15, 0.2) is 0 Å². The molecule has 2 rings (SSSR count). The molecule has 1 aromatic carbocycles. The molecule has 0 amide bonds. The van der Waals surface area contributed by atoms with E-state index in [9.17, 15) is 0 Å². The van der Waals surface area contributed by atoms with E-state index in [0.29, 0.717) is 0 Å². The molecule has 0 bridgehead atoms. The van der Waals surface area contributed by atoms with Crippen LogP contribution in [0.5, 0.6) is 5.75 Å². The molecule has 18 heavy (non-hydrogen) atoms. The minimum absolute atomic E-state index is 0.782. The first-order valence-corrected chi connectivity index (χ1v) is 5.83. The molecule has 1 aromatic heterocycles. The molecular formula is C14H17N3O. The lowest BCUT2D eigenvalue weighted by Gasteiger charge is -2.18. The van der Waals surface area contributed by atoms with E-state index < -0.39 is 0 Å². The summed E-state index contributed by atoms with van der Waals surface area (Å²) in [7, 11) is 3.69. The van der Waals surface area contributed by atoms with Crippen molar-refractivity contribution in [2.45, 2.75) is 13.5 Å². The van der Waals surface area contributed by atoms with Gasteiger partial charge in [-0.2, -0.15) is 0 Å². The summed E-state index contributed by atoms with van der Waals surface area (Å²) in [6.45, 7) is 2.68. The van der Waals surface area contributed by atoms with Crippen LogP contribution in [0.15, 0.2) is 36.5 Å². The van der Waals surface area contributed by atoms with Crippen molar-refractivity contribution < 1.29 is 4.74 Å². The van der Waals surface area contributed by atoms with Gasteiger partial charge < -0.3 is 9.64 Å². The second-order valence-electron chi connectivity index (χ2n) is 4.17. The largest absolute Gasteiger partial charge is 0.497 e. The Morgan fingerprint density at radius 3 is 2.83 bits per heavy atom. The molecule has 0 aliphatic rings. The molecule has 0 radical (unpaired) electrons. The third kappa shape index (κ3) is 2.97. The summed E-state index contributed by atoms with van der Waals surface area (Å²) in [4.78, 5) is 10.6. The molecule has 0 N–H and O–H groups in total. The molecule has 0 fully saturated rings. The normalized spacial score (nSPS) is 10.2. The first kappa shape index (κ1) is 12.4. The highest BCUT2D eigenvalue weighted by Gasteiger charge is 2.04. The molecule has 4 heteroatoms. The Kier molecular flexibility index (Phi) is 3.77. The summed E-state index contributed by atoms with van der Waals surface area (Å²) in [5.41, 5.74) is 1.19. The standard InChI is InChI=1S/C14H17N3O/c1-11-15-8-7-14(16-11)17(2)10-12-5-4-6-13(9-12)18-3/h4-9H,10H2,1-3H3. The predicted molar refractivity (Wildman–Crippen MR) is 71.9 cm³/mol. The summed E-state index contributed by atoms with van der Waals surface area (Å²) in [5.74, 6) is 2.58. The van der Waals surface area contributed by atoms with Crippen LogP contribution >= 0.6 is 0 Å². The zero-order valence-corrected chi connectivity index (χ0v) is 10.9. The lowest BCUT2D eigenvalue weighted by Crippen LogP contribution is -2.18. The lowest BCUT2D eigenvalue weighted by atomic mass is 10.2. The monoisotopic (exact) mass is 243 g/mol. The van der Waals surface area contributed by atoms with E-state index in [1.807, 2.05) is 38.2 Å². The summed E-state index contributed by atoms with van der Waals surface area (Å²) in [5, 5.41) is 0. The van der Waals surface area contributed by atoms with Gasteiger partial charge >= 0.3 is 0 Å². The number of aryl methyl sites for hydroxylation is 1. The number of aromatic nitrogens is 2. The quantitative estimate of drug-likeness (QED) is 0.826. The zero-order chi connectivity index (χ0) is 13.0. The van der Waals surface area contributed by atoms with Crippen molar-refractivity contribution >= 4 is 5.82 Å². The number of nitrogens with zero attached hydrogens (tertiary/aromatic N) is 3. The van der Waals surface area contributed by atoms with Gasteiger partial charge in [0.25, 0.3) is 0 Å². The fraction of sp³-hybridized carbons (Fsp3) is 0.286. The Morgan fingerprint density at radius 2 is 2.11 bits per heavy atom. The molecule has 0 atom stereocenters. The van der Waals surface area contributed by atoms with Crippen molar-refractivity contribution in [1.82, 2.24) is 9.97 Å². The average molecular weight is 243 g/mol. The van der Waals surface area contributed by atoms with Crippen molar-refractivity contribution in [2.75, 3.05) is 19.1 Å². The summed E-state index contributed by atoms with van der Waals surface area (Å²) >= 11 is 0. The van der Waals surface area contributed by atoms with Gasteiger partial charge in [0.05, 0.1) is 7.11 Å². The van der Waals surface area contributed by atoms with E-state index in [1.54, 1.807) is 13.3 Å². The maximum absolute atomic E-state index is 5.22. The third-order valence-electron chi connectivity index (χ3n) is 2.71. The van der Waals surface area contributed by atoms with Crippen LogP contribution in [0.4, 0.5) is 5.82 Å². The Labute approximate surface area is 107 Å². The maximum atomic E-state index is 5.22. The van der Waals surface area contributed by atoms with Gasteiger partial charge in [-0.1, -0.05) is 12.1 Å². The maximum Gasteiger partial charge on any atom is 0.132 e. The van der Waals surface area contributed by atoms with E-state index in [4.69, 9.17) is 4.74 Å². The molecule has 1 heterocycles. The van der Waals surface area contributed by atoms with Gasteiger partial charge in [-0.3, -0.25) is 0 Å². The smallest absolute Gasteiger partial charge is 0.132 e. The lowest BCUT2D eigenvalue weighted by molar-refractivity contribution is 0.414. The Bertz CT molecular complexity index is 528. The third-order valence-corrected chi connectivity index (χ3v) is 2.71. The molecule has 0 saturated heterocycles. The van der Waals surface area contributed by atoms with Crippen molar-refractivity contribution in [2.24, 2.45) is 0 Å². The van der Waals surface area contributed by atoms with Gasteiger partial charge in [-0.25, -0.2) is 9.97 Å². The van der Waals surface area contributed by atoms with E-state index in [2.05, 4.69) is 20.9 Å². The highest BCUT2D eigenvalue weighted by molar-refractivity contribution is 5.39. The Balaban J connectivity index is 2.13. The molecule has 94 valence electrons. The molecule has 0 aliphatic carbocycles. The predicted octanol–water partition coefficient (Wildman–Crippen LogP) is 2.43. The molecule has 0 aliphatic heterocycles. The van der Waals surface area contributed by atoms with Gasteiger partial charge in [0.2, 0.25) is 0 Å². The summed E-state index contributed by atoms with van der Waals surface area (Å²) in [6, 6.07) is 9.95. The minimum Gasteiger partial charge on any atom is -0.497 e. The van der Waals surface area contributed by atoms with Crippen LogP contribution in [0.25, 0.3) is 0 Å². The molecule has 0 spiro atoms. The second kappa shape index (κ2) is 5.49. The number of ether oxygens (including phenoxy) is 1. The molecule has 4 nitrogen and oxygen atoms in total. The summed E-state index contributed by atoms with van der Waals surface area (Å²) in [6.07, 6.45) is 1.78. The van der Waals surface area contributed by atoms with Gasteiger partial charge in [0, 0.05) is 19.8 Å². The minimum atomic E-state index is 0.782. The first-order valence-electron chi connectivity index (χ1n) is 5.83.